The number of methoxy groups -OCH3 is 1. The Kier molecular flexibility index (Phi) is 5.93. The molecule has 2 rings (SSSR count). The van der Waals surface area contributed by atoms with Crippen molar-refractivity contribution in [2.45, 2.75) is 11.4 Å². The van der Waals surface area contributed by atoms with Crippen molar-refractivity contribution < 1.29 is 9.53 Å². The SMILES string of the molecule is COc1cc(SC)ccc1C(=O)NCc1ccc(N(C)C)cc1. The summed E-state index contributed by atoms with van der Waals surface area (Å²) in [4.78, 5) is 15.5. The molecule has 0 aromatic heterocycles. The number of amides is 1. The number of rotatable bonds is 6. The van der Waals surface area contributed by atoms with Crippen molar-refractivity contribution in [3.05, 3.63) is 53.6 Å². The average molecular weight is 330 g/mol. The molecule has 0 aliphatic rings. The van der Waals surface area contributed by atoms with Gasteiger partial charge in [0.15, 0.2) is 0 Å². The largest absolute Gasteiger partial charge is 0.496 e. The number of carbonyl (C=O) groups is 1. The molecule has 0 atom stereocenters. The van der Waals surface area contributed by atoms with Crippen LogP contribution in [0.15, 0.2) is 47.4 Å². The summed E-state index contributed by atoms with van der Waals surface area (Å²) in [5, 5.41) is 2.94. The molecule has 0 heterocycles. The van der Waals surface area contributed by atoms with Gasteiger partial charge in [0.1, 0.15) is 5.75 Å². The second-order valence-electron chi connectivity index (χ2n) is 5.31. The van der Waals surface area contributed by atoms with Crippen molar-refractivity contribution in [2.24, 2.45) is 0 Å². The van der Waals surface area contributed by atoms with Gasteiger partial charge in [0.25, 0.3) is 5.91 Å². The zero-order valence-electron chi connectivity index (χ0n) is 13.9. The van der Waals surface area contributed by atoms with Crippen LogP contribution in [0.1, 0.15) is 15.9 Å². The molecule has 0 saturated heterocycles. The topological polar surface area (TPSA) is 41.6 Å². The van der Waals surface area contributed by atoms with E-state index in [0.29, 0.717) is 17.9 Å². The van der Waals surface area contributed by atoms with Gasteiger partial charge in [0.05, 0.1) is 12.7 Å². The fourth-order valence-corrected chi connectivity index (χ4v) is 2.60. The second kappa shape index (κ2) is 7.92. The van der Waals surface area contributed by atoms with Gasteiger partial charge in [-0.2, -0.15) is 0 Å². The van der Waals surface area contributed by atoms with Crippen molar-refractivity contribution in [1.29, 1.82) is 0 Å². The highest BCUT2D eigenvalue weighted by atomic mass is 32.2. The highest BCUT2D eigenvalue weighted by Gasteiger charge is 2.12. The van der Waals surface area contributed by atoms with Gasteiger partial charge >= 0.3 is 0 Å². The normalized spacial score (nSPS) is 10.3. The van der Waals surface area contributed by atoms with Crippen LogP contribution in [0, 0.1) is 0 Å². The van der Waals surface area contributed by atoms with E-state index >= 15 is 0 Å². The van der Waals surface area contributed by atoms with Crippen LogP contribution >= 0.6 is 11.8 Å². The van der Waals surface area contributed by atoms with E-state index in [4.69, 9.17) is 4.74 Å². The fourth-order valence-electron chi connectivity index (χ4n) is 2.18. The lowest BCUT2D eigenvalue weighted by molar-refractivity contribution is 0.0948. The zero-order chi connectivity index (χ0) is 16.8. The van der Waals surface area contributed by atoms with Gasteiger partial charge in [-0.3, -0.25) is 4.79 Å². The monoisotopic (exact) mass is 330 g/mol. The van der Waals surface area contributed by atoms with Gasteiger partial charge < -0.3 is 15.0 Å². The third kappa shape index (κ3) is 4.42. The Bertz CT molecular complexity index is 669. The molecule has 0 radical (unpaired) electrons. The summed E-state index contributed by atoms with van der Waals surface area (Å²) in [6, 6.07) is 13.7. The van der Waals surface area contributed by atoms with Gasteiger partial charge in [0, 0.05) is 31.2 Å². The molecule has 0 aliphatic heterocycles. The first-order chi connectivity index (χ1) is 11.0. The third-order valence-electron chi connectivity index (χ3n) is 3.56. The molecule has 5 heteroatoms. The predicted molar refractivity (Wildman–Crippen MR) is 96.7 cm³/mol. The first kappa shape index (κ1) is 17.2. The smallest absolute Gasteiger partial charge is 0.255 e. The molecule has 2 aromatic carbocycles. The average Bonchev–Trinajstić information content (AvgIpc) is 2.59. The predicted octanol–water partition coefficient (Wildman–Crippen LogP) is 3.41. The summed E-state index contributed by atoms with van der Waals surface area (Å²) in [5.41, 5.74) is 2.74. The van der Waals surface area contributed by atoms with Crippen LogP contribution in [0.4, 0.5) is 5.69 Å². The molecule has 23 heavy (non-hydrogen) atoms. The van der Waals surface area contributed by atoms with Crippen LogP contribution in [0.5, 0.6) is 5.75 Å². The van der Waals surface area contributed by atoms with Crippen molar-refractivity contribution in [3.63, 3.8) is 0 Å². The van der Waals surface area contributed by atoms with E-state index in [1.165, 1.54) is 0 Å². The van der Waals surface area contributed by atoms with E-state index in [0.717, 1.165) is 16.1 Å². The van der Waals surface area contributed by atoms with Crippen molar-refractivity contribution in [2.75, 3.05) is 32.4 Å². The van der Waals surface area contributed by atoms with E-state index < -0.39 is 0 Å². The number of hydrogen-bond donors (Lipinski definition) is 1. The summed E-state index contributed by atoms with van der Waals surface area (Å²) < 4.78 is 5.32. The summed E-state index contributed by atoms with van der Waals surface area (Å²) in [6.45, 7) is 0.486. The maximum absolute atomic E-state index is 12.4. The molecular weight excluding hydrogens is 308 g/mol. The summed E-state index contributed by atoms with van der Waals surface area (Å²) in [6.07, 6.45) is 1.99. The van der Waals surface area contributed by atoms with Crippen molar-refractivity contribution in [1.82, 2.24) is 5.32 Å². The quantitative estimate of drug-likeness (QED) is 0.824. The summed E-state index contributed by atoms with van der Waals surface area (Å²) in [7, 11) is 5.58. The number of nitrogens with one attached hydrogen (secondary N) is 1. The number of benzene rings is 2. The molecule has 4 nitrogen and oxygen atoms in total. The van der Waals surface area contributed by atoms with Gasteiger partial charge in [-0.15, -0.1) is 11.8 Å². The highest BCUT2D eigenvalue weighted by molar-refractivity contribution is 7.98. The molecule has 1 amide bonds. The maximum Gasteiger partial charge on any atom is 0.255 e. The molecule has 0 fully saturated rings. The van der Waals surface area contributed by atoms with Gasteiger partial charge in [-0.25, -0.2) is 0 Å². The highest BCUT2D eigenvalue weighted by Crippen LogP contribution is 2.25. The number of carbonyl (C=O) groups excluding carboxylic acids is 1. The molecule has 0 saturated carbocycles. The standard InChI is InChI=1S/C18H22N2O2S/c1-20(2)14-7-5-13(6-8-14)12-19-18(21)16-10-9-15(23-4)11-17(16)22-3/h5-11H,12H2,1-4H3,(H,19,21). The Labute approximate surface area is 141 Å². The fraction of sp³-hybridized carbons (Fsp3) is 0.278. The summed E-state index contributed by atoms with van der Waals surface area (Å²) in [5.74, 6) is 0.462. The first-order valence-electron chi connectivity index (χ1n) is 7.31. The summed E-state index contributed by atoms with van der Waals surface area (Å²) >= 11 is 1.62. The lowest BCUT2D eigenvalue weighted by Crippen LogP contribution is -2.23. The Morgan fingerprint density at radius 2 is 1.87 bits per heavy atom. The number of hydrogen-bond acceptors (Lipinski definition) is 4. The first-order valence-corrected chi connectivity index (χ1v) is 8.54. The Hall–Kier alpha value is -2.14. The molecule has 0 spiro atoms. The molecule has 122 valence electrons. The van der Waals surface area contributed by atoms with Gasteiger partial charge in [-0.1, -0.05) is 12.1 Å². The molecule has 1 N–H and O–H groups in total. The lowest BCUT2D eigenvalue weighted by Gasteiger charge is -2.13. The Morgan fingerprint density at radius 3 is 2.43 bits per heavy atom. The minimum Gasteiger partial charge on any atom is -0.496 e. The van der Waals surface area contributed by atoms with Crippen LogP contribution in [-0.4, -0.2) is 33.4 Å². The molecule has 2 aromatic rings. The van der Waals surface area contributed by atoms with Crippen LogP contribution in [-0.2, 0) is 6.54 Å². The van der Waals surface area contributed by atoms with E-state index in [2.05, 4.69) is 5.32 Å². The molecule has 0 bridgehead atoms. The molecular formula is C18H22N2O2S. The van der Waals surface area contributed by atoms with Gasteiger partial charge in [0.2, 0.25) is 0 Å². The van der Waals surface area contributed by atoms with E-state index in [9.17, 15) is 4.79 Å². The third-order valence-corrected chi connectivity index (χ3v) is 4.28. The van der Waals surface area contributed by atoms with Crippen LogP contribution in [0.3, 0.4) is 0 Å². The van der Waals surface area contributed by atoms with Gasteiger partial charge in [-0.05, 0) is 42.2 Å². The number of anilines is 1. The van der Waals surface area contributed by atoms with Crippen LogP contribution < -0.4 is 15.0 Å². The maximum atomic E-state index is 12.4. The molecule has 0 unspecified atom stereocenters. The number of nitrogens with zero attached hydrogens (tertiary/aromatic N) is 1. The van der Waals surface area contributed by atoms with E-state index in [1.807, 2.05) is 61.6 Å². The van der Waals surface area contributed by atoms with Crippen molar-refractivity contribution in [3.8, 4) is 5.75 Å². The Morgan fingerprint density at radius 1 is 1.17 bits per heavy atom. The van der Waals surface area contributed by atoms with Crippen LogP contribution in [0.2, 0.25) is 0 Å². The number of thioether (sulfide) groups is 1. The molecule has 0 aliphatic carbocycles. The minimum absolute atomic E-state index is 0.133. The van der Waals surface area contributed by atoms with E-state index in [-0.39, 0.29) is 5.91 Å². The Balaban J connectivity index is 2.04. The second-order valence-corrected chi connectivity index (χ2v) is 6.19. The van der Waals surface area contributed by atoms with Crippen LogP contribution in [0.25, 0.3) is 0 Å². The lowest BCUT2D eigenvalue weighted by atomic mass is 10.1. The van der Waals surface area contributed by atoms with E-state index in [1.54, 1.807) is 24.9 Å². The zero-order valence-corrected chi connectivity index (χ0v) is 14.7. The minimum atomic E-state index is -0.133. The number of ether oxygens (including phenoxy) is 1. The van der Waals surface area contributed by atoms with Crippen molar-refractivity contribution >= 4 is 23.4 Å².